The van der Waals surface area contributed by atoms with Crippen LogP contribution in [0.25, 0.3) is 0 Å². The fourth-order valence-corrected chi connectivity index (χ4v) is 3.53. The number of aromatic nitrogens is 2. The Bertz CT molecular complexity index is 1030. The smallest absolute Gasteiger partial charge is 0.407 e. The topological polar surface area (TPSA) is 120 Å². The molecule has 2 aromatic rings. The molecular weight excluding hydrogens is 424 g/mol. The summed E-state index contributed by atoms with van der Waals surface area (Å²) in [7, 11) is 1.35. The molecule has 0 radical (unpaired) electrons. The van der Waals surface area contributed by atoms with E-state index in [1.54, 1.807) is 25.7 Å². The van der Waals surface area contributed by atoms with Gasteiger partial charge in [0.15, 0.2) is 11.4 Å². The van der Waals surface area contributed by atoms with Gasteiger partial charge in [-0.25, -0.2) is 23.5 Å². The number of nitrogens with zero attached hydrogens (tertiary/aromatic N) is 3. The van der Waals surface area contributed by atoms with Crippen molar-refractivity contribution in [1.82, 2.24) is 15.3 Å². The Morgan fingerprint density at radius 2 is 1.97 bits per heavy atom. The SMILES string of the molecule is COc1cnc(N2C[C@H](NC(=O)OC(C)(C)C)[C@@H](c3cc(F)ccc3F)C2)nc1C(N)=O. The quantitative estimate of drug-likeness (QED) is 0.719. The second-order valence-electron chi connectivity index (χ2n) is 8.38. The summed E-state index contributed by atoms with van der Waals surface area (Å²) in [6.07, 6.45) is 0.606. The molecule has 11 heteroatoms. The van der Waals surface area contributed by atoms with Gasteiger partial charge in [-0.1, -0.05) is 0 Å². The van der Waals surface area contributed by atoms with Crippen molar-refractivity contribution in [2.45, 2.75) is 38.3 Å². The lowest BCUT2D eigenvalue weighted by Gasteiger charge is -2.24. The fourth-order valence-electron chi connectivity index (χ4n) is 3.53. The van der Waals surface area contributed by atoms with Gasteiger partial charge in [-0.2, -0.15) is 0 Å². The van der Waals surface area contributed by atoms with Crippen LogP contribution in [0.1, 0.15) is 42.7 Å². The van der Waals surface area contributed by atoms with Crippen molar-refractivity contribution >= 4 is 17.9 Å². The van der Waals surface area contributed by atoms with Crippen molar-refractivity contribution in [2.75, 3.05) is 25.1 Å². The summed E-state index contributed by atoms with van der Waals surface area (Å²) in [4.78, 5) is 34.1. The number of anilines is 1. The Kier molecular flexibility index (Phi) is 6.47. The second kappa shape index (κ2) is 8.93. The van der Waals surface area contributed by atoms with Crippen LogP contribution in [0.15, 0.2) is 24.4 Å². The Hall–Kier alpha value is -3.50. The third kappa shape index (κ3) is 5.21. The molecule has 0 bridgehead atoms. The van der Waals surface area contributed by atoms with E-state index in [-0.39, 0.29) is 36.0 Å². The normalized spacial score (nSPS) is 18.4. The minimum Gasteiger partial charge on any atom is -0.493 e. The molecule has 0 spiro atoms. The van der Waals surface area contributed by atoms with Crippen LogP contribution in [0.5, 0.6) is 5.75 Å². The van der Waals surface area contributed by atoms with Crippen LogP contribution >= 0.6 is 0 Å². The number of amides is 2. The molecule has 1 saturated heterocycles. The molecule has 9 nitrogen and oxygen atoms in total. The van der Waals surface area contributed by atoms with Crippen LogP contribution in [0.2, 0.25) is 0 Å². The van der Waals surface area contributed by atoms with Crippen LogP contribution in [0.4, 0.5) is 19.5 Å². The number of carbonyl (C=O) groups excluding carboxylic acids is 2. The number of nitrogens with one attached hydrogen (secondary N) is 1. The number of hydrogen-bond donors (Lipinski definition) is 2. The molecule has 0 saturated carbocycles. The number of benzene rings is 1. The third-order valence-electron chi connectivity index (χ3n) is 4.86. The van der Waals surface area contributed by atoms with Crippen LogP contribution in [0.3, 0.4) is 0 Å². The Labute approximate surface area is 183 Å². The first kappa shape index (κ1) is 23.2. The largest absolute Gasteiger partial charge is 0.493 e. The summed E-state index contributed by atoms with van der Waals surface area (Å²) in [5.74, 6) is -2.41. The molecule has 1 fully saturated rings. The Morgan fingerprint density at radius 3 is 2.59 bits per heavy atom. The van der Waals surface area contributed by atoms with Gasteiger partial charge in [-0.3, -0.25) is 4.79 Å². The van der Waals surface area contributed by atoms with Gasteiger partial charge < -0.3 is 25.4 Å². The predicted molar refractivity (Wildman–Crippen MR) is 112 cm³/mol. The van der Waals surface area contributed by atoms with E-state index in [0.29, 0.717) is 0 Å². The van der Waals surface area contributed by atoms with Gasteiger partial charge in [0.25, 0.3) is 5.91 Å². The van der Waals surface area contributed by atoms with E-state index >= 15 is 0 Å². The monoisotopic (exact) mass is 449 g/mol. The molecule has 1 aliphatic rings. The zero-order valence-corrected chi connectivity index (χ0v) is 18.2. The van der Waals surface area contributed by atoms with Crippen molar-refractivity contribution in [3.05, 3.63) is 47.3 Å². The molecule has 1 aromatic carbocycles. The van der Waals surface area contributed by atoms with Crippen molar-refractivity contribution in [1.29, 1.82) is 0 Å². The maximum atomic E-state index is 14.6. The van der Waals surface area contributed by atoms with Crippen molar-refractivity contribution in [3.63, 3.8) is 0 Å². The van der Waals surface area contributed by atoms with Gasteiger partial charge in [0.05, 0.1) is 19.3 Å². The summed E-state index contributed by atoms with van der Waals surface area (Å²) >= 11 is 0. The molecule has 0 aliphatic carbocycles. The van der Waals surface area contributed by atoms with E-state index in [0.717, 1.165) is 18.2 Å². The second-order valence-corrected chi connectivity index (χ2v) is 8.38. The number of primary amides is 1. The Morgan fingerprint density at radius 1 is 1.25 bits per heavy atom. The number of halogens is 2. The summed E-state index contributed by atoms with van der Waals surface area (Å²) in [6, 6.07) is 2.50. The fraction of sp³-hybridized carbons (Fsp3) is 0.429. The number of rotatable bonds is 5. The van der Waals surface area contributed by atoms with E-state index in [1.807, 2.05) is 0 Å². The van der Waals surface area contributed by atoms with Gasteiger partial charge in [-0.15, -0.1) is 0 Å². The van der Waals surface area contributed by atoms with E-state index < -0.39 is 41.2 Å². The molecule has 1 aromatic heterocycles. The Balaban J connectivity index is 1.94. The van der Waals surface area contributed by atoms with Gasteiger partial charge in [-0.05, 0) is 44.5 Å². The zero-order valence-electron chi connectivity index (χ0n) is 18.2. The average Bonchev–Trinajstić information content (AvgIpc) is 3.11. The lowest BCUT2D eigenvalue weighted by atomic mass is 9.94. The number of alkyl carbamates (subject to hydrolysis) is 1. The summed E-state index contributed by atoms with van der Waals surface area (Å²) in [5, 5.41) is 2.73. The van der Waals surface area contributed by atoms with E-state index in [4.69, 9.17) is 15.2 Å². The summed E-state index contributed by atoms with van der Waals surface area (Å²) in [5.41, 5.74) is 4.61. The highest BCUT2D eigenvalue weighted by molar-refractivity contribution is 5.93. The highest BCUT2D eigenvalue weighted by atomic mass is 19.1. The molecule has 3 N–H and O–H groups in total. The van der Waals surface area contributed by atoms with Gasteiger partial charge in [0.1, 0.15) is 17.2 Å². The molecule has 2 amide bonds. The van der Waals surface area contributed by atoms with Crippen LogP contribution in [0, 0.1) is 11.6 Å². The molecule has 32 heavy (non-hydrogen) atoms. The zero-order chi connectivity index (χ0) is 23.6. The van der Waals surface area contributed by atoms with Gasteiger partial charge in [0.2, 0.25) is 5.95 Å². The highest BCUT2D eigenvalue weighted by Crippen LogP contribution is 2.32. The maximum Gasteiger partial charge on any atom is 0.407 e. The average molecular weight is 449 g/mol. The van der Waals surface area contributed by atoms with Crippen LogP contribution < -0.4 is 20.7 Å². The first-order chi connectivity index (χ1) is 15.0. The number of carbonyl (C=O) groups is 2. The first-order valence-corrected chi connectivity index (χ1v) is 9.88. The molecule has 172 valence electrons. The lowest BCUT2D eigenvalue weighted by Crippen LogP contribution is -2.43. The van der Waals surface area contributed by atoms with Crippen LogP contribution in [-0.4, -0.2) is 53.8 Å². The predicted octanol–water partition coefficient (Wildman–Crippen LogP) is 2.36. The standard InChI is InChI=1S/C21H25F2N5O4/c1-21(2,3)32-20(30)26-15-10-28(9-13(15)12-7-11(22)5-6-14(12)23)19-25-8-16(31-4)17(27-19)18(24)29/h5-8,13,15H,9-10H2,1-4H3,(H2,24,29)(H,26,30)/t13-,15+/m1/s1. The third-order valence-corrected chi connectivity index (χ3v) is 4.86. The first-order valence-electron chi connectivity index (χ1n) is 9.88. The minimum absolute atomic E-state index is 0.0946. The van der Waals surface area contributed by atoms with E-state index in [2.05, 4.69) is 15.3 Å². The summed E-state index contributed by atoms with van der Waals surface area (Å²) < 4.78 is 38.8. The number of ether oxygens (including phenoxy) is 2. The summed E-state index contributed by atoms with van der Waals surface area (Å²) in [6.45, 7) is 5.45. The minimum atomic E-state index is -0.805. The van der Waals surface area contributed by atoms with Crippen molar-refractivity contribution in [2.24, 2.45) is 5.73 Å². The molecule has 3 rings (SSSR count). The number of nitrogens with two attached hydrogens (primary N) is 1. The molecule has 2 atom stereocenters. The number of hydrogen-bond acceptors (Lipinski definition) is 7. The van der Waals surface area contributed by atoms with Crippen molar-refractivity contribution < 1.29 is 27.8 Å². The number of methoxy groups -OCH3 is 1. The van der Waals surface area contributed by atoms with Gasteiger partial charge in [0, 0.05) is 19.0 Å². The molecule has 2 heterocycles. The molecular formula is C21H25F2N5O4. The van der Waals surface area contributed by atoms with E-state index in [9.17, 15) is 18.4 Å². The van der Waals surface area contributed by atoms with Crippen molar-refractivity contribution in [3.8, 4) is 5.75 Å². The van der Waals surface area contributed by atoms with E-state index in [1.165, 1.54) is 13.3 Å². The molecule has 0 unspecified atom stereocenters. The maximum absolute atomic E-state index is 14.6. The van der Waals surface area contributed by atoms with Crippen LogP contribution in [-0.2, 0) is 4.74 Å². The van der Waals surface area contributed by atoms with Gasteiger partial charge >= 0.3 is 6.09 Å². The lowest BCUT2D eigenvalue weighted by molar-refractivity contribution is 0.0504. The highest BCUT2D eigenvalue weighted by Gasteiger charge is 2.38. The molecule has 1 aliphatic heterocycles.